The van der Waals surface area contributed by atoms with Gasteiger partial charge in [-0.05, 0) is 18.1 Å². The number of hydrogen-bond acceptors (Lipinski definition) is 11. The topological polar surface area (TPSA) is 197 Å². The number of oxime groups is 1. The number of nitrogens with two attached hydrogens (primary N) is 2. The summed E-state index contributed by atoms with van der Waals surface area (Å²) in [6, 6.07) is 4.56. The number of rotatable bonds is 9. The molecule has 1 amide bonds. The summed E-state index contributed by atoms with van der Waals surface area (Å²) in [5, 5.41) is 36.8. The number of carboxylic acids is 1. The van der Waals surface area contributed by atoms with Crippen LogP contribution in [0, 0.1) is 0 Å². The second-order valence-electron chi connectivity index (χ2n) is 6.92. The average molecular weight is 462 g/mol. The minimum Gasteiger partial charge on any atom is -0.534 e. The molecule has 0 bridgehead atoms. The molecule has 32 heavy (non-hydrogen) atoms. The number of carbonyl (C=O) groups excluding carboxylic acids is 1. The van der Waals surface area contributed by atoms with Crippen LogP contribution in [0.15, 0.2) is 28.7 Å². The van der Waals surface area contributed by atoms with E-state index in [-0.39, 0.29) is 29.1 Å². The minimum absolute atomic E-state index is 0.0538. The van der Waals surface area contributed by atoms with Crippen molar-refractivity contribution in [3.63, 3.8) is 0 Å². The fourth-order valence-corrected chi connectivity index (χ4v) is 4.16. The molecule has 0 saturated heterocycles. The van der Waals surface area contributed by atoms with Crippen LogP contribution in [0.25, 0.3) is 0 Å². The molecule has 2 aromatic rings. The molecule has 0 saturated carbocycles. The van der Waals surface area contributed by atoms with Crippen molar-refractivity contribution in [2.75, 3.05) is 31.1 Å². The van der Waals surface area contributed by atoms with Crippen LogP contribution < -0.4 is 26.3 Å². The summed E-state index contributed by atoms with van der Waals surface area (Å²) in [5.74, 6) is -2.82. The Hall–Kier alpha value is -3.20. The first-order valence-electron chi connectivity index (χ1n) is 9.73. The van der Waals surface area contributed by atoms with Gasteiger partial charge >= 0.3 is 13.1 Å². The summed E-state index contributed by atoms with van der Waals surface area (Å²) in [7, 11) is -1.50. The van der Waals surface area contributed by atoms with Crippen LogP contribution in [-0.4, -0.2) is 77.1 Å². The van der Waals surface area contributed by atoms with E-state index in [0.717, 1.165) is 0 Å². The molecular formula is C18H23BN6O6S. The first-order chi connectivity index (χ1) is 15.4. The van der Waals surface area contributed by atoms with Gasteiger partial charge in [0.15, 0.2) is 10.8 Å². The zero-order chi connectivity index (χ0) is 23.3. The van der Waals surface area contributed by atoms with E-state index in [0.29, 0.717) is 36.9 Å². The Morgan fingerprint density at radius 2 is 2.06 bits per heavy atom. The Bertz CT molecular complexity index is 1010. The number of aromatic carboxylic acids is 1. The maximum absolute atomic E-state index is 12.8. The van der Waals surface area contributed by atoms with Crippen LogP contribution >= 0.6 is 11.3 Å². The van der Waals surface area contributed by atoms with Crippen molar-refractivity contribution in [3.8, 4) is 5.75 Å². The van der Waals surface area contributed by atoms with Crippen molar-refractivity contribution < 1.29 is 29.6 Å². The number of carbonyl (C=O) groups is 2. The zero-order valence-electron chi connectivity index (χ0n) is 17.0. The Morgan fingerprint density at radius 3 is 2.69 bits per heavy atom. The lowest BCUT2D eigenvalue weighted by Gasteiger charge is -2.28. The summed E-state index contributed by atoms with van der Waals surface area (Å²) in [6.45, 7) is 1.82. The highest BCUT2D eigenvalue weighted by molar-refractivity contribution is 7.14. The Kier molecular flexibility index (Phi) is 7.64. The highest BCUT2D eigenvalue weighted by Crippen LogP contribution is 2.30. The highest BCUT2D eigenvalue weighted by atomic mass is 32.1. The first kappa shape index (κ1) is 23.5. The molecule has 0 radical (unpaired) electrons. The predicted octanol–water partition coefficient (Wildman–Crippen LogP) is -1.12. The van der Waals surface area contributed by atoms with Crippen LogP contribution in [0.2, 0.25) is 0 Å². The maximum atomic E-state index is 12.8. The average Bonchev–Trinajstić information content (AvgIpc) is 3.23. The largest absolute Gasteiger partial charge is 0.547 e. The summed E-state index contributed by atoms with van der Waals surface area (Å²) in [4.78, 5) is 30.3. The van der Waals surface area contributed by atoms with Crippen LogP contribution in [0.1, 0.15) is 21.6 Å². The van der Waals surface area contributed by atoms with E-state index < -0.39 is 24.9 Å². The number of aromatic nitrogens is 1. The fourth-order valence-electron chi connectivity index (χ4n) is 3.30. The number of benzene rings is 1. The molecule has 170 valence electrons. The van der Waals surface area contributed by atoms with Crippen LogP contribution in [0.5, 0.6) is 5.75 Å². The number of hydrogen-bond donors (Lipinski definition) is 6. The SMILES string of the molecule is NCCN(CCN)c1nc(C(=NO)C(=O)NC2Cc3cccc(C(=O)O)c3OB2O)cs1. The molecule has 0 spiro atoms. The number of thiazole rings is 1. The number of amides is 1. The van der Waals surface area contributed by atoms with Crippen molar-refractivity contribution in [1.82, 2.24) is 10.3 Å². The van der Waals surface area contributed by atoms with Crippen molar-refractivity contribution in [1.29, 1.82) is 0 Å². The predicted molar refractivity (Wildman–Crippen MR) is 118 cm³/mol. The van der Waals surface area contributed by atoms with Crippen LogP contribution in [0.3, 0.4) is 0 Å². The first-order valence-corrected chi connectivity index (χ1v) is 10.6. The molecule has 1 unspecified atom stereocenters. The van der Waals surface area contributed by atoms with E-state index in [1.165, 1.54) is 17.4 Å². The summed E-state index contributed by atoms with van der Waals surface area (Å²) >= 11 is 1.24. The molecule has 0 fully saturated rings. The number of fused-ring (bicyclic) bond motifs is 1. The summed E-state index contributed by atoms with van der Waals surface area (Å²) in [5.41, 5.74) is 11.5. The Balaban J connectivity index is 1.75. The lowest BCUT2D eigenvalue weighted by molar-refractivity contribution is -0.115. The number of nitrogens with one attached hydrogen (secondary N) is 1. The lowest BCUT2D eigenvalue weighted by Crippen LogP contribution is -2.54. The van der Waals surface area contributed by atoms with Gasteiger partial charge in [0, 0.05) is 31.6 Å². The number of para-hydroxylation sites is 1. The molecule has 2 heterocycles. The molecule has 8 N–H and O–H groups in total. The summed E-state index contributed by atoms with van der Waals surface area (Å²) < 4.78 is 5.36. The molecular weight excluding hydrogens is 439 g/mol. The van der Waals surface area contributed by atoms with Crippen molar-refractivity contribution >= 4 is 41.2 Å². The van der Waals surface area contributed by atoms with Gasteiger partial charge in [-0.1, -0.05) is 17.3 Å². The zero-order valence-corrected chi connectivity index (χ0v) is 17.8. The smallest absolute Gasteiger partial charge is 0.534 e. The van der Waals surface area contributed by atoms with Crippen LogP contribution in [0.4, 0.5) is 5.13 Å². The second kappa shape index (κ2) is 10.4. The third-order valence-corrected chi connectivity index (χ3v) is 5.69. The van der Waals surface area contributed by atoms with E-state index in [9.17, 15) is 24.9 Å². The Morgan fingerprint density at radius 1 is 1.34 bits per heavy atom. The molecule has 1 atom stereocenters. The van der Waals surface area contributed by atoms with Gasteiger partial charge in [0.05, 0.1) is 11.5 Å². The van der Waals surface area contributed by atoms with Gasteiger partial charge in [0.25, 0.3) is 5.91 Å². The monoisotopic (exact) mass is 462 g/mol. The van der Waals surface area contributed by atoms with E-state index in [4.69, 9.17) is 16.1 Å². The maximum Gasteiger partial charge on any atom is 0.547 e. The number of anilines is 1. The summed E-state index contributed by atoms with van der Waals surface area (Å²) in [6.07, 6.45) is 0.116. The van der Waals surface area contributed by atoms with Crippen LogP contribution in [-0.2, 0) is 11.2 Å². The highest BCUT2D eigenvalue weighted by Gasteiger charge is 2.38. The second-order valence-corrected chi connectivity index (χ2v) is 7.76. The molecule has 3 rings (SSSR count). The molecule has 12 nitrogen and oxygen atoms in total. The van der Waals surface area contributed by atoms with Gasteiger partial charge in [-0.3, -0.25) is 4.79 Å². The van der Waals surface area contributed by atoms with Gasteiger partial charge in [-0.2, -0.15) is 0 Å². The molecule has 14 heteroatoms. The number of carboxylic acid groups (broad SMARTS) is 1. The molecule has 1 aromatic carbocycles. The third kappa shape index (κ3) is 4.99. The molecule has 0 aliphatic carbocycles. The van der Waals surface area contributed by atoms with Gasteiger partial charge in [-0.25, -0.2) is 9.78 Å². The van der Waals surface area contributed by atoms with Crippen molar-refractivity contribution in [2.24, 2.45) is 16.6 Å². The molecule has 1 aliphatic rings. The minimum atomic E-state index is -1.50. The van der Waals surface area contributed by atoms with E-state index in [2.05, 4.69) is 15.5 Å². The molecule has 1 aliphatic heterocycles. The quantitative estimate of drug-likeness (QED) is 0.115. The van der Waals surface area contributed by atoms with E-state index in [1.54, 1.807) is 17.5 Å². The van der Waals surface area contributed by atoms with Gasteiger partial charge in [0.1, 0.15) is 11.4 Å². The standard InChI is InChI=1S/C18H23BN6O6S/c20-4-6-25(7-5-21)18-22-12(9-32-18)14(24-30)16(26)23-13-8-10-2-1-3-11(17(27)28)15(10)31-19(13)29/h1-3,9,13,29-30H,4-8,20-21H2,(H,23,26)(H,27,28). The normalized spacial score (nSPS) is 15.7. The lowest BCUT2D eigenvalue weighted by atomic mass is 9.72. The Labute approximate surface area is 187 Å². The van der Waals surface area contributed by atoms with Crippen molar-refractivity contribution in [3.05, 3.63) is 40.4 Å². The molecule has 1 aromatic heterocycles. The van der Waals surface area contributed by atoms with Gasteiger partial charge in [0.2, 0.25) is 0 Å². The van der Waals surface area contributed by atoms with Crippen molar-refractivity contribution in [2.45, 2.75) is 12.4 Å². The van der Waals surface area contributed by atoms with Gasteiger partial charge in [-0.15, -0.1) is 11.3 Å². The fraction of sp³-hybridized carbons (Fsp3) is 0.333. The van der Waals surface area contributed by atoms with E-state index >= 15 is 0 Å². The van der Waals surface area contributed by atoms with Gasteiger partial charge < -0.3 is 41.7 Å². The number of nitrogens with zero attached hydrogens (tertiary/aromatic N) is 3. The van der Waals surface area contributed by atoms with E-state index in [1.807, 2.05) is 4.90 Å². The third-order valence-electron chi connectivity index (χ3n) is 4.78.